The monoisotopic (exact) mass is 402 g/mol. The number of carbonyl (C=O) groups is 1. The summed E-state index contributed by atoms with van der Waals surface area (Å²) in [5, 5.41) is 10.7. The van der Waals surface area contributed by atoms with Gasteiger partial charge in [0.05, 0.1) is 28.5 Å². The van der Waals surface area contributed by atoms with E-state index in [1.54, 1.807) is 12.1 Å². The molecule has 0 fully saturated rings. The number of nitrogens with zero attached hydrogens (tertiary/aromatic N) is 3. The molecular formula is C20H23ClN4OS. The van der Waals surface area contributed by atoms with Crippen LogP contribution in [-0.2, 0) is 17.6 Å². The first-order chi connectivity index (χ1) is 13.0. The standard InChI is InChI=1S/C20H23ClN4OS/c1-4-5-8-16-13(2)24-25(14(16)3)20-22-15(12-27-20)11-19(26)23-18-10-7-6-9-17(18)21/h6-7,9-10,12H,4-5,8,11H2,1-3H3,(H,23,26). The van der Waals surface area contributed by atoms with Gasteiger partial charge in [-0.3, -0.25) is 4.79 Å². The van der Waals surface area contributed by atoms with Gasteiger partial charge in [0.15, 0.2) is 0 Å². The molecule has 7 heteroatoms. The van der Waals surface area contributed by atoms with E-state index in [0.29, 0.717) is 10.7 Å². The van der Waals surface area contributed by atoms with Crippen LogP contribution in [0, 0.1) is 13.8 Å². The number of halogens is 1. The van der Waals surface area contributed by atoms with Gasteiger partial charge in [-0.15, -0.1) is 11.3 Å². The molecule has 0 saturated heterocycles. The number of hydrogen-bond acceptors (Lipinski definition) is 4. The predicted octanol–water partition coefficient (Wildman–Crippen LogP) is 5.12. The smallest absolute Gasteiger partial charge is 0.230 e. The number of carbonyl (C=O) groups excluding carboxylic acids is 1. The van der Waals surface area contributed by atoms with Crippen molar-refractivity contribution in [3.63, 3.8) is 0 Å². The summed E-state index contributed by atoms with van der Waals surface area (Å²) < 4.78 is 1.89. The zero-order valence-electron chi connectivity index (χ0n) is 15.8. The summed E-state index contributed by atoms with van der Waals surface area (Å²) >= 11 is 7.58. The fourth-order valence-electron chi connectivity index (χ4n) is 2.97. The Morgan fingerprint density at radius 2 is 2.07 bits per heavy atom. The quantitative estimate of drug-likeness (QED) is 0.596. The van der Waals surface area contributed by atoms with E-state index < -0.39 is 0 Å². The maximum Gasteiger partial charge on any atom is 0.230 e. The Bertz CT molecular complexity index is 947. The maximum atomic E-state index is 12.3. The van der Waals surface area contributed by atoms with Crippen molar-refractivity contribution in [1.29, 1.82) is 0 Å². The number of thiazole rings is 1. The van der Waals surface area contributed by atoms with Crippen LogP contribution < -0.4 is 5.32 Å². The molecule has 1 amide bonds. The van der Waals surface area contributed by atoms with E-state index in [1.165, 1.54) is 16.9 Å². The van der Waals surface area contributed by atoms with Gasteiger partial charge in [0, 0.05) is 11.1 Å². The number of para-hydroxylation sites is 1. The van der Waals surface area contributed by atoms with Crippen LogP contribution >= 0.6 is 22.9 Å². The first-order valence-corrected chi connectivity index (χ1v) is 10.3. The van der Waals surface area contributed by atoms with Crippen molar-refractivity contribution in [2.75, 3.05) is 5.32 Å². The van der Waals surface area contributed by atoms with Gasteiger partial charge in [0.2, 0.25) is 11.0 Å². The minimum Gasteiger partial charge on any atom is -0.324 e. The van der Waals surface area contributed by atoms with Gasteiger partial charge in [-0.25, -0.2) is 9.67 Å². The Labute approximate surface area is 168 Å². The second kappa shape index (κ2) is 8.67. The van der Waals surface area contributed by atoms with Crippen molar-refractivity contribution >= 4 is 34.5 Å². The van der Waals surface area contributed by atoms with Crippen molar-refractivity contribution in [2.24, 2.45) is 0 Å². The van der Waals surface area contributed by atoms with Crippen molar-refractivity contribution in [3.05, 3.63) is 57.3 Å². The molecule has 5 nitrogen and oxygen atoms in total. The molecule has 0 saturated carbocycles. The van der Waals surface area contributed by atoms with Crippen molar-refractivity contribution in [3.8, 4) is 5.13 Å². The molecule has 2 aromatic heterocycles. The van der Waals surface area contributed by atoms with Gasteiger partial charge in [0.25, 0.3) is 0 Å². The first kappa shape index (κ1) is 19.6. The lowest BCUT2D eigenvalue weighted by molar-refractivity contribution is -0.115. The Morgan fingerprint density at radius 3 is 2.81 bits per heavy atom. The maximum absolute atomic E-state index is 12.3. The Morgan fingerprint density at radius 1 is 1.30 bits per heavy atom. The number of hydrogen-bond donors (Lipinski definition) is 1. The Hall–Kier alpha value is -2.18. The van der Waals surface area contributed by atoms with Crippen LogP contribution in [0.15, 0.2) is 29.6 Å². The van der Waals surface area contributed by atoms with E-state index in [1.807, 2.05) is 29.1 Å². The van der Waals surface area contributed by atoms with Crippen LogP contribution in [0.5, 0.6) is 0 Å². The topological polar surface area (TPSA) is 59.8 Å². The van der Waals surface area contributed by atoms with Crippen LogP contribution in [-0.4, -0.2) is 20.7 Å². The summed E-state index contributed by atoms with van der Waals surface area (Å²) in [4.78, 5) is 16.9. The number of nitrogens with one attached hydrogen (secondary N) is 1. The molecule has 0 spiro atoms. The highest BCUT2D eigenvalue weighted by Gasteiger charge is 2.16. The minimum atomic E-state index is -0.142. The number of aromatic nitrogens is 3. The normalized spacial score (nSPS) is 11.0. The fourth-order valence-corrected chi connectivity index (χ4v) is 3.98. The van der Waals surface area contributed by atoms with Gasteiger partial charge >= 0.3 is 0 Å². The summed E-state index contributed by atoms with van der Waals surface area (Å²) in [7, 11) is 0. The summed E-state index contributed by atoms with van der Waals surface area (Å²) in [6.45, 7) is 6.31. The van der Waals surface area contributed by atoms with Crippen molar-refractivity contribution in [2.45, 2.75) is 46.5 Å². The lowest BCUT2D eigenvalue weighted by atomic mass is 10.1. The van der Waals surface area contributed by atoms with E-state index in [2.05, 4.69) is 29.2 Å². The molecule has 0 aliphatic heterocycles. The van der Waals surface area contributed by atoms with Gasteiger partial charge in [-0.05, 0) is 44.4 Å². The van der Waals surface area contributed by atoms with Gasteiger partial charge in [-0.2, -0.15) is 5.10 Å². The van der Waals surface area contributed by atoms with E-state index in [4.69, 9.17) is 11.6 Å². The molecule has 142 valence electrons. The van der Waals surface area contributed by atoms with Crippen LogP contribution in [0.4, 0.5) is 5.69 Å². The molecule has 1 aromatic carbocycles. The number of anilines is 1. The molecule has 0 aliphatic rings. The Balaban J connectivity index is 1.72. The van der Waals surface area contributed by atoms with Crippen LogP contribution in [0.3, 0.4) is 0 Å². The van der Waals surface area contributed by atoms with Gasteiger partial charge in [-0.1, -0.05) is 37.1 Å². The van der Waals surface area contributed by atoms with Crippen LogP contribution in [0.25, 0.3) is 5.13 Å². The molecule has 1 N–H and O–H groups in total. The fraction of sp³-hybridized carbons (Fsp3) is 0.350. The highest BCUT2D eigenvalue weighted by molar-refractivity contribution is 7.12. The number of unbranched alkanes of at least 4 members (excludes halogenated alkanes) is 1. The molecule has 3 rings (SSSR count). The third-order valence-corrected chi connectivity index (χ3v) is 5.63. The van der Waals surface area contributed by atoms with Crippen LogP contribution in [0.1, 0.15) is 42.4 Å². The summed E-state index contributed by atoms with van der Waals surface area (Å²) in [6, 6.07) is 7.19. The predicted molar refractivity (Wildman–Crippen MR) is 111 cm³/mol. The summed E-state index contributed by atoms with van der Waals surface area (Å²) in [5.41, 5.74) is 4.81. The molecule has 0 radical (unpaired) electrons. The van der Waals surface area contributed by atoms with Gasteiger partial charge in [0.1, 0.15) is 0 Å². The second-order valence-electron chi connectivity index (χ2n) is 6.49. The summed E-state index contributed by atoms with van der Waals surface area (Å²) in [6.07, 6.45) is 3.54. The number of aryl methyl sites for hydroxylation is 1. The highest BCUT2D eigenvalue weighted by atomic mass is 35.5. The number of benzene rings is 1. The average Bonchev–Trinajstić information content (AvgIpc) is 3.20. The van der Waals surface area contributed by atoms with E-state index >= 15 is 0 Å². The molecular weight excluding hydrogens is 380 g/mol. The minimum absolute atomic E-state index is 0.142. The third kappa shape index (κ3) is 4.57. The average molecular weight is 403 g/mol. The Kier molecular flexibility index (Phi) is 6.29. The SMILES string of the molecule is CCCCc1c(C)nn(-c2nc(CC(=O)Nc3ccccc3Cl)cs2)c1C. The van der Waals surface area contributed by atoms with Crippen molar-refractivity contribution < 1.29 is 4.79 Å². The molecule has 2 heterocycles. The zero-order valence-corrected chi connectivity index (χ0v) is 17.3. The first-order valence-electron chi connectivity index (χ1n) is 9.03. The third-order valence-electron chi connectivity index (χ3n) is 4.43. The number of rotatable bonds is 7. The second-order valence-corrected chi connectivity index (χ2v) is 7.73. The van der Waals surface area contributed by atoms with E-state index in [-0.39, 0.29) is 12.3 Å². The van der Waals surface area contributed by atoms with E-state index in [9.17, 15) is 4.79 Å². The molecule has 0 bridgehead atoms. The largest absolute Gasteiger partial charge is 0.324 e. The van der Waals surface area contributed by atoms with Crippen LogP contribution in [0.2, 0.25) is 5.02 Å². The lowest BCUT2D eigenvalue weighted by Crippen LogP contribution is -2.15. The lowest BCUT2D eigenvalue weighted by Gasteiger charge is -2.05. The molecule has 0 aliphatic carbocycles. The van der Waals surface area contributed by atoms with Crippen molar-refractivity contribution in [1.82, 2.24) is 14.8 Å². The molecule has 0 unspecified atom stereocenters. The summed E-state index contributed by atoms with van der Waals surface area (Å²) in [5.74, 6) is -0.142. The zero-order chi connectivity index (χ0) is 19.4. The number of amides is 1. The molecule has 0 atom stereocenters. The molecule has 27 heavy (non-hydrogen) atoms. The van der Waals surface area contributed by atoms with Gasteiger partial charge < -0.3 is 5.32 Å². The highest BCUT2D eigenvalue weighted by Crippen LogP contribution is 2.23. The molecule has 3 aromatic rings. The van der Waals surface area contributed by atoms with E-state index in [0.717, 1.165) is 41.5 Å².